The van der Waals surface area contributed by atoms with Gasteiger partial charge in [0, 0.05) is 16.8 Å². The van der Waals surface area contributed by atoms with Gasteiger partial charge in [-0.1, -0.05) is 17.7 Å². The lowest BCUT2D eigenvalue weighted by atomic mass is 10.2. The fourth-order valence-corrected chi connectivity index (χ4v) is 2.75. The number of thiol groups is 1. The average molecular weight is 298 g/mol. The van der Waals surface area contributed by atoms with Crippen molar-refractivity contribution in [3.05, 3.63) is 51.2 Å². The average Bonchev–Trinajstić information content (AvgIpc) is 2.84. The zero-order chi connectivity index (χ0) is 13.1. The maximum Gasteiger partial charge on any atom is 0.255 e. The molecule has 2 nitrogen and oxygen atoms in total. The van der Waals surface area contributed by atoms with E-state index in [-0.39, 0.29) is 5.91 Å². The van der Waals surface area contributed by atoms with Crippen LogP contribution in [0.5, 0.6) is 0 Å². The van der Waals surface area contributed by atoms with E-state index in [0.29, 0.717) is 17.1 Å². The summed E-state index contributed by atoms with van der Waals surface area (Å²) in [5, 5.41) is 2.45. The van der Waals surface area contributed by atoms with E-state index in [1.807, 2.05) is 17.5 Å². The van der Waals surface area contributed by atoms with Crippen molar-refractivity contribution in [2.45, 2.75) is 11.4 Å². The van der Waals surface area contributed by atoms with E-state index < -0.39 is 0 Å². The van der Waals surface area contributed by atoms with Crippen LogP contribution in [0.3, 0.4) is 0 Å². The lowest BCUT2D eigenvalue weighted by Gasteiger charge is -2.17. The molecule has 1 aromatic heterocycles. The Bertz CT molecular complexity index is 554. The van der Waals surface area contributed by atoms with Gasteiger partial charge in [0.25, 0.3) is 5.91 Å². The lowest BCUT2D eigenvalue weighted by molar-refractivity contribution is 0.0786. The highest BCUT2D eigenvalue weighted by molar-refractivity contribution is 7.80. The predicted octanol–water partition coefficient (Wildman–Crippen LogP) is 3.96. The van der Waals surface area contributed by atoms with Crippen molar-refractivity contribution < 1.29 is 4.79 Å². The second-order valence-electron chi connectivity index (χ2n) is 3.90. The smallest absolute Gasteiger partial charge is 0.255 e. The molecule has 2 rings (SSSR count). The van der Waals surface area contributed by atoms with E-state index in [1.54, 1.807) is 41.5 Å². The zero-order valence-corrected chi connectivity index (χ0v) is 12.2. The number of halogens is 1. The molecule has 5 heteroatoms. The summed E-state index contributed by atoms with van der Waals surface area (Å²) < 4.78 is 0. The number of amides is 1. The number of carbonyl (C=O) groups excluding carboxylic acids is 1. The second-order valence-corrected chi connectivity index (χ2v) is 5.86. The van der Waals surface area contributed by atoms with E-state index in [2.05, 4.69) is 12.6 Å². The molecule has 18 heavy (non-hydrogen) atoms. The van der Waals surface area contributed by atoms with Crippen molar-refractivity contribution in [2.75, 3.05) is 7.05 Å². The standard InChI is InChI=1S/C13H12ClNOS2/c1-15(8-10-3-2-6-18-10)13(16)11-7-9(17)4-5-12(11)14/h2-7,17H,8H2,1H3. The first-order valence-corrected chi connectivity index (χ1v) is 7.05. The van der Waals surface area contributed by atoms with Crippen molar-refractivity contribution in [3.63, 3.8) is 0 Å². The number of hydrogen-bond donors (Lipinski definition) is 1. The third kappa shape index (κ3) is 3.07. The summed E-state index contributed by atoms with van der Waals surface area (Å²) in [4.78, 5) is 15.8. The first-order valence-electron chi connectivity index (χ1n) is 5.34. The van der Waals surface area contributed by atoms with Gasteiger partial charge in [0.1, 0.15) is 0 Å². The Morgan fingerprint density at radius 2 is 2.22 bits per heavy atom. The van der Waals surface area contributed by atoms with Gasteiger partial charge in [0.05, 0.1) is 17.1 Å². The molecule has 0 N–H and O–H groups in total. The summed E-state index contributed by atoms with van der Waals surface area (Å²) in [6.45, 7) is 0.587. The van der Waals surface area contributed by atoms with Crippen LogP contribution in [-0.2, 0) is 6.54 Å². The molecule has 94 valence electrons. The molecule has 0 atom stereocenters. The molecule has 0 saturated carbocycles. The summed E-state index contributed by atoms with van der Waals surface area (Å²) in [5.74, 6) is -0.0932. The Kier molecular flexibility index (Phi) is 4.32. The summed E-state index contributed by atoms with van der Waals surface area (Å²) in [6.07, 6.45) is 0. The lowest BCUT2D eigenvalue weighted by Crippen LogP contribution is -2.26. The quantitative estimate of drug-likeness (QED) is 0.850. The SMILES string of the molecule is CN(Cc1cccs1)C(=O)c1cc(S)ccc1Cl. The van der Waals surface area contributed by atoms with Gasteiger partial charge >= 0.3 is 0 Å². The van der Waals surface area contributed by atoms with E-state index in [0.717, 1.165) is 9.77 Å². The predicted molar refractivity (Wildman–Crippen MR) is 78.8 cm³/mol. The molecule has 0 aliphatic rings. The van der Waals surface area contributed by atoms with Gasteiger partial charge in [-0.3, -0.25) is 4.79 Å². The highest BCUT2D eigenvalue weighted by Gasteiger charge is 2.15. The summed E-state index contributed by atoms with van der Waals surface area (Å²) in [7, 11) is 1.77. The summed E-state index contributed by atoms with van der Waals surface area (Å²) in [5.41, 5.74) is 0.489. The highest BCUT2D eigenvalue weighted by atomic mass is 35.5. The Labute approximate surface area is 121 Å². The molecule has 0 aliphatic carbocycles. The normalized spacial score (nSPS) is 10.4. The number of hydrogen-bond acceptors (Lipinski definition) is 3. The van der Waals surface area contributed by atoms with Crippen LogP contribution in [-0.4, -0.2) is 17.9 Å². The second kappa shape index (κ2) is 5.78. The molecule has 1 amide bonds. The van der Waals surface area contributed by atoms with Crippen LogP contribution in [0, 0.1) is 0 Å². The zero-order valence-electron chi connectivity index (χ0n) is 9.76. The third-order valence-corrected chi connectivity index (χ3v) is 3.97. The van der Waals surface area contributed by atoms with Crippen LogP contribution in [0.1, 0.15) is 15.2 Å². The van der Waals surface area contributed by atoms with E-state index in [4.69, 9.17) is 11.6 Å². The van der Waals surface area contributed by atoms with Crippen LogP contribution in [0.25, 0.3) is 0 Å². The van der Waals surface area contributed by atoms with Crippen molar-refractivity contribution >= 4 is 41.5 Å². The fraction of sp³-hybridized carbons (Fsp3) is 0.154. The van der Waals surface area contributed by atoms with Gasteiger partial charge in [-0.25, -0.2) is 0 Å². The number of carbonyl (C=O) groups is 1. The molecule has 0 unspecified atom stereocenters. The van der Waals surface area contributed by atoms with Gasteiger partial charge in [-0.05, 0) is 29.6 Å². The van der Waals surface area contributed by atoms with Gasteiger partial charge in [0.15, 0.2) is 0 Å². The maximum atomic E-state index is 12.3. The Balaban J connectivity index is 2.17. The van der Waals surface area contributed by atoms with Crippen molar-refractivity contribution in [3.8, 4) is 0 Å². The number of rotatable bonds is 3. The molecular formula is C13H12ClNOS2. The largest absolute Gasteiger partial charge is 0.337 e. The Morgan fingerprint density at radius 3 is 2.89 bits per heavy atom. The molecule has 0 bridgehead atoms. The topological polar surface area (TPSA) is 20.3 Å². The van der Waals surface area contributed by atoms with Gasteiger partial charge in [-0.2, -0.15) is 0 Å². The van der Waals surface area contributed by atoms with Crippen LogP contribution in [0.4, 0.5) is 0 Å². The number of nitrogens with zero attached hydrogens (tertiary/aromatic N) is 1. The van der Waals surface area contributed by atoms with Gasteiger partial charge in [0.2, 0.25) is 0 Å². The molecule has 0 saturated heterocycles. The van der Waals surface area contributed by atoms with Gasteiger partial charge in [-0.15, -0.1) is 24.0 Å². The van der Waals surface area contributed by atoms with E-state index in [9.17, 15) is 4.79 Å². The van der Waals surface area contributed by atoms with Crippen molar-refractivity contribution in [2.24, 2.45) is 0 Å². The Hall–Kier alpha value is -0.970. The first kappa shape index (κ1) is 13.5. The Morgan fingerprint density at radius 1 is 1.44 bits per heavy atom. The van der Waals surface area contributed by atoms with Crippen molar-refractivity contribution in [1.29, 1.82) is 0 Å². The van der Waals surface area contributed by atoms with Gasteiger partial charge < -0.3 is 4.90 Å². The third-order valence-electron chi connectivity index (χ3n) is 2.50. The minimum Gasteiger partial charge on any atom is -0.337 e. The fourth-order valence-electron chi connectivity index (χ4n) is 1.59. The number of benzene rings is 1. The number of thiophene rings is 1. The molecule has 0 aliphatic heterocycles. The monoisotopic (exact) mass is 297 g/mol. The minimum atomic E-state index is -0.0932. The van der Waals surface area contributed by atoms with E-state index >= 15 is 0 Å². The minimum absolute atomic E-state index is 0.0932. The molecule has 0 radical (unpaired) electrons. The van der Waals surface area contributed by atoms with E-state index in [1.165, 1.54) is 0 Å². The summed E-state index contributed by atoms with van der Waals surface area (Å²) in [6, 6.07) is 9.13. The van der Waals surface area contributed by atoms with Crippen LogP contribution in [0.15, 0.2) is 40.6 Å². The summed E-state index contributed by atoms with van der Waals surface area (Å²) >= 11 is 11.9. The van der Waals surface area contributed by atoms with Crippen LogP contribution in [0.2, 0.25) is 5.02 Å². The molecule has 2 aromatic rings. The maximum absolute atomic E-state index is 12.3. The van der Waals surface area contributed by atoms with Crippen LogP contribution >= 0.6 is 35.6 Å². The highest BCUT2D eigenvalue weighted by Crippen LogP contribution is 2.22. The molecule has 1 heterocycles. The molecular weight excluding hydrogens is 286 g/mol. The molecule has 1 aromatic carbocycles. The molecule has 0 spiro atoms. The molecule has 0 fully saturated rings. The van der Waals surface area contributed by atoms with Crippen LogP contribution < -0.4 is 0 Å². The van der Waals surface area contributed by atoms with Crippen molar-refractivity contribution in [1.82, 2.24) is 4.90 Å². The first-order chi connectivity index (χ1) is 8.58.